The third kappa shape index (κ3) is 2.65. The topological polar surface area (TPSA) is 9.23 Å². The van der Waals surface area contributed by atoms with Gasteiger partial charge in [-0.05, 0) is 48.3 Å². The largest absolute Gasteiger partial charge is 0.374 e. The average molecular weight is 354 g/mol. The van der Waals surface area contributed by atoms with Gasteiger partial charge in [-0.15, -0.1) is 11.3 Å². The fourth-order valence-electron chi connectivity index (χ4n) is 1.94. The monoisotopic (exact) mass is 352 g/mol. The van der Waals surface area contributed by atoms with Crippen molar-refractivity contribution >= 4 is 43.2 Å². The Morgan fingerprint density at radius 3 is 2.73 bits per heavy atom. The van der Waals surface area contributed by atoms with Gasteiger partial charge in [0.25, 0.3) is 0 Å². The van der Waals surface area contributed by atoms with E-state index in [0.717, 1.165) is 13.0 Å². The van der Waals surface area contributed by atoms with Crippen molar-refractivity contribution in [1.29, 1.82) is 0 Å². The van der Waals surface area contributed by atoms with Gasteiger partial charge in [-0.2, -0.15) is 0 Å². The minimum atomic E-state index is -0.0286. The molecule has 0 aromatic carbocycles. The second-order valence-electron chi connectivity index (χ2n) is 4.49. The third-order valence-corrected chi connectivity index (χ3v) is 6.34. The zero-order chi connectivity index (χ0) is 11.1. The maximum Gasteiger partial charge on any atom is 0.0754 e. The molecule has 1 saturated heterocycles. The Bertz CT molecular complexity index is 348. The van der Waals surface area contributed by atoms with Gasteiger partial charge in [-0.1, -0.05) is 15.9 Å². The molecule has 15 heavy (non-hydrogen) atoms. The fourth-order valence-corrected chi connectivity index (χ4v) is 3.98. The first-order valence-electron chi connectivity index (χ1n) is 5.01. The molecule has 0 aliphatic carbocycles. The van der Waals surface area contributed by atoms with Gasteiger partial charge < -0.3 is 4.74 Å². The highest BCUT2D eigenvalue weighted by Gasteiger charge is 2.41. The Morgan fingerprint density at radius 2 is 2.27 bits per heavy atom. The van der Waals surface area contributed by atoms with E-state index in [1.54, 1.807) is 0 Å². The van der Waals surface area contributed by atoms with Crippen LogP contribution in [0, 0.1) is 5.92 Å². The summed E-state index contributed by atoms with van der Waals surface area (Å²) in [6.07, 6.45) is 1.11. The molecule has 0 N–H and O–H groups in total. The molecule has 0 amide bonds. The molecule has 1 aromatic heterocycles. The SMILES string of the molecule is CC1(C)OCC(Cc2ccc(Br)s2)C1Br. The normalized spacial score (nSPS) is 29.6. The summed E-state index contributed by atoms with van der Waals surface area (Å²) in [5.41, 5.74) is -0.0286. The van der Waals surface area contributed by atoms with E-state index in [0.29, 0.717) is 10.7 Å². The molecule has 2 atom stereocenters. The van der Waals surface area contributed by atoms with Crippen molar-refractivity contribution in [2.75, 3.05) is 6.61 Å². The van der Waals surface area contributed by atoms with Gasteiger partial charge in [-0.3, -0.25) is 0 Å². The molecular weight excluding hydrogens is 340 g/mol. The van der Waals surface area contributed by atoms with Crippen molar-refractivity contribution in [3.63, 3.8) is 0 Å². The summed E-state index contributed by atoms with van der Waals surface area (Å²) in [5.74, 6) is 0.588. The van der Waals surface area contributed by atoms with Crippen LogP contribution in [-0.2, 0) is 11.2 Å². The Hall–Kier alpha value is 0.620. The highest BCUT2D eigenvalue weighted by Crippen LogP contribution is 2.38. The first-order chi connectivity index (χ1) is 6.99. The number of halogens is 2. The van der Waals surface area contributed by atoms with Crippen LogP contribution in [0.15, 0.2) is 15.9 Å². The van der Waals surface area contributed by atoms with Crippen LogP contribution in [0.1, 0.15) is 18.7 Å². The van der Waals surface area contributed by atoms with Gasteiger partial charge in [0, 0.05) is 15.6 Å². The molecule has 2 unspecified atom stereocenters. The molecular formula is C11H14Br2OS. The molecule has 2 rings (SSSR count). The maximum absolute atomic E-state index is 5.79. The van der Waals surface area contributed by atoms with E-state index >= 15 is 0 Å². The van der Waals surface area contributed by atoms with Crippen molar-refractivity contribution in [3.05, 3.63) is 20.8 Å². The predicted octanol–water partition coefficient (Wildman–Crippen LogP) is 4.24. The Labute approximate surface area is 111 Å². The van der Waals surface area contributed by atoms with Crippen LogP contribution < -0.4 is 0 Å². The van der Waals surface area contributed by atoms with Crippen molar-refractivity contribution in [1.82, 2.24) is 0 Å². The van der Waals surface area contributed by atoms with Crippen LogP contribution in [0.3, 0.4) is 0 Å². The van der Waals surface area contributed by atoms with Crippen LogP contribution in [0.4, 0.5) is 0 Å². The maximum atomic E-state index is 5.79. The zero-order valence-corrected chi connectivity index (χ0v) is 12.8. The van der Waals surface area contributed by atoms with Crippen molar-refractivity contribution < 1.29 is 4.74 Å². The minimum absolute atomic E-state index is 0.0286. The Kier molecular flexibility index (Phi) is 3.61. The molecule has 1 aliphatic heterocycles. The first-order valence-corrected chi connectivity index (χ1v) is 7.54. The van der Waals surface area contributed by atoms with Gasteiger partial charge in [0.2, 0.25) is 0 Å². The molecule has 1 nitrogen and oxygen atoms in total. The van der Waals surface area contributed by atoms with Crippen molar-refractivity contribution in [2.24, 2.45) is 5.92 Å². The molecule has 1 aliphatic rings. The molecule has 0 bridgehead atoms. The average Bonchev–Trinajstić information content (AvgIpc) is 2.66. The molecule has 2 heterocycles. The fraction of sp³-hybridized carbons (Fsp3) is 0.636. The highest BCUT2D eigenvalue weighted by molar-refractivity contribution is 9.11. The lowest BCUT2D eigenvalue weighted by Gasteiger charge is -2.22. The van der Waals surface area contributed by atoms with E-state index in [4.69, 9.17) is 4.74 Å². The lowest BCUT2D eigenvalue weighted by atomic mass is 9.94. The summed E-state index contributed by atoms with van der Waals surface area (Å²) in [5, 5.41) is 0. The summed E-state index contributed by atoms with van der Waals surface area (Å²) in [6, 6.07) is 4.31. The van der Waals surface area contributed by atoms with Crippen molar-refractivity contribution in [2.45, 2.75) is 30.7 Å². The second kappa shape index (κ2) is 4.47. The van der Waals surface area contributed by atoms with Crippen LogP contribution in [0.2, 0.25) is 0 Å². The van der Waals surface area contributed by atoms with E-state index < -0.39 is 0 Å². The smallest absolute Gasteiger partial charge is 0.0754 e. The predicted molar refractivity (Wildman–Crippen MR) is 72.0 cm³/mol. The number of ether oxygens (including phenoxy) is 1. The van der Waals surface area contributed by atoms with E-state index in [1.165, 1.54) is 8.66 Å². The van der Waals surface area contributed by atoms with Crippen molar-refractivity contribution in [3.8, 4) is 0 Å². The quantitative estimate of drug-likeness (QED) is 0.722. The first kappa shape index (κ1) is 12.1. The van der Waals surface area contributed by atoms with Crippen LogP contribution in [-0.4, -0.2) is 17.0 Å². The molecule has 0 spiro atoms. The number of alkyl halides is 1. The molecule has 1 fully saturated rings. The van der Waals surface area contributed by atoms with Gasteiger partial charge in [0.15, 0.2) is 0 Å². The van der Waals surface area contributed by atoms with E-state index in [-0.39, 0.29) is 5.60 Å². The number of hydrogen-bond donors (Lipinski definition) is 0. The molecule has 0 radical (unpaired) electrons. The van der Waals surface area contributed by atoms with Crippen LogP contribution in [0.5, 0.6) is 0 Å². The summed E-state index contributed by atoms with van der Waals surface area (Å²) in [6.45, 7) is 5.16. The number of hydrogen-bond acceptors (Lipinski definition) is 2. The molecule has 84 valence electrons. The van der Waals surface area contributed by atoms with E-state index in [9.17, 15) is 0 Å². The molecule has 0 saturated carbocycles. The summed E-state index contributed by atoms with van der Waals surface area (Å²) in [7, 11) is 0. The van der Waals surface area contributed by atoms with E-state index in [2.05, 4.69) is 57.8 Å². The van der Waals surface area contributed by atoms with Crippen LogP contribution in [0.25, 0.3) is 0 Å². The summed E-state index contributed by atoms with van der Waals surface area (Å²) < 4.78 is 7.00. The standard InChI is InChI=1S/C11H14Br2OS/c1-11(2)10(13)7(6-14-11)5-8-3-4-9(12)15-8/h3-4,7,10H,5-6H2,1-2H3. The second-order valence-corrected chi connectivity index (χ2v) is 8.02. The summed E-state index contributed by atoms with van der Waals surface area (Å²) >= 11 is 9.07. The highest BCUT2D eigenvalue weighted by atomic mass is 79.9. The Balaban J connectivity index is 2.02. The lowest BCUT2D eigenvalue weighted by Crippen LogP contribution is -2.30. The van der Waals surface area contributed by atoms with Gasteiger partial charge in [-0.25, -0.2) is 0 Å². The molecule has 1 aromatic rings. The number of rotatable bonds is 2. The number of thiophene rings is 1. The minimum Gasteiger partial charge on any atom is -0.374 e. The molecule has 4 heteroatoms. The third-order valence-electron chi connectivity index (χ3n) is 2.84. The Morgan fingerprint density at radius 1 is 1.53 bits per heavy atom. The van der Waals surface area contributed by atoms with Crippen LogP contribution >= 0.6 is 43.2 Å². The summed E-state index contributed by atoms with van der Waals surface area (Å²) in [4.78, 5) is 1.88. The van der Waals surface area contributed by atoms with Gasteiger partial charge >= 0.3 is 0 Å². The van der Waals surface area contributed by atoms with Gasteiger partial charge in [0.1, 0.15) is 0 Å². The van der Waals surface area contributed by atoms with E-state index in [1.807, 2.05) is 11.3 Å². The zero-order valence-electron chi connectivity index (χ0n) is 8.80. The van der Waals surface area contributed by atoms with Gasteiger partial charge in [0.05, 0.1) is 16.0 Å². The lowest BCUT2D eigenvalue weighted by molar-refractivity contribution is 0.0381.